The lowest BCUT2D eigenvalue weighted by atomic mass is 9.91. The maximum atomic E-state index is 3.57. The predicted molar refractivity (Wildman–Crippen MR) is 80.4 cm³/mol. The summed E-state index contributed by atoms with van der Waals surface area (Å²) in [5.74, 6) is 1.59. The van der Waals surface area contributed by atoms with Crippen molar-refractivity contribution >= 4 is 0 Å². The summed E-state index contributed by atoms with van der Waals surface area (Å²) in [7, 11) is 0. The Morgan fingerprint density at radius 2 is 2.11 bits per heavy atom. The highest BCUT2D eigenvalue weighted by atomic mass is 15.2. The molecule has 2 aliphatic heterocycles. The van der Waals surface area contributed by atoms with Crippen LogP contribution in [0.1, 0.15) is 37.7 Å². The van der Waals surface area contributed by atoms with E-state index in [0.717, 1.165) is 12.0 Å². The van der Waals surface area contributed by atoms with Crippen LogP contribution in [0.4, 0.5) is 0 Å². The summed E-state index contributed by atoms with van der Waals surface area (Å²) in [4.78, 5) is 2.74. The van der Waals surface area contributed by atoms with Crippen LogP contribution in [0.3, 0.4) is 0 Å². The average Bonchev–Trinajstić information content (AvgIpc) is 2.94. The normalized spacial score (nSPS) is 29.1. The van der Waals surface area contributed by atoms with E-state index in [1.807, 2.05) is 0 Å². The molecule has 1 N–H and O–H groups in total. The Morgan fingerprint density at radius 1 is 1.26 bits per heavy atom. The summed E-state index contributed by atoms with van der Waals surface area (Å²) in [5, 5.41) is 3.57. The fraction of sp³-hybridized carbons (Fsp3) is 0.647. The Labute approximate surface area is 117 Å². The van der Waals surface area contributed by atoms with Gasteiger partial charge in [-0.3, -0.25) is 4.90 Å². The van der Waals surface area contributed by atoms with Gasteiger partial charge in [0.1, 0.15) is 0 Å². The van der Waals surface area contributed by atoms with Crippen molar-refractivity contribution in [2.75, 3.05) is 26.2 Å². The molecule has 2 saturated heterocycles. The number of hydrogen-bond acceptors (Lipinski definition) is 2. The third kappa shape index (κ3) is 3.01. The molecule has 104 valence electrons. The molecule has 0 saturated carbocycles. The van der Waals surface area contributed by atoms with Gasteiger partial charge in [0, 0.05) is 12.6 Å². The van der Waals surface area contributed by atoms with E-state index in [4.69, 9.17) is 0 Å². The fourth-order valence-corrected chi connectivity index (χ4v) is 3.75. The molecule has 0 radical (unpaired) electrons. The van der Waals surface area contributed by atoms with Crippen molar-refractivity contribution < 1.29 is 0 Å². The number of rotatable bonds is 4. The summed E-state index contributed by atoms with van der Waals surface area (Å²) in [6.45, 7) is 7.40. The molecular formula is C17H26N2. The Bertz CT molecular complexity index is 390. The summed E-state index contributed by atoms with van der Waals surface area (Å²) >= 11 is 0. The van der Waals surface area contributed by atoms with Crippen LogP contribution in [0.15, 0.2) is 30.3 Å². The van der Waals surface area contributed by atoms with Gasteiger partial charge >= 0.3 is 0 Å². The van der Waals surface area contributed by atoms with E-state index in [9.17, 15) is 0 Å². The molecule has 0 amide bonds. The van der Waals surface area contributed by atoms with Crippen molar-refractivity contribution in [1.82, 2.24) is 10.2 Å². The number of nitrogens with one attached hydrogen (secondary N) is 1. The van der Waals surface area contributed by atoms with E-state index < -0.39 is 0 Å². The molecule has 1 aromatic rings. The van der Waals surface area contributed by atoms with Crippen LogP contribution in [-0.2, 0) is 0 Å². The van der Waals surface area contributed by atoms with Crippen molar-refractivity contribution in [3.05, 3.63) is 35.9 Å². The number of piperidine rings is 1. The van der Waals surface area contributed by atoms with Gasteiger partial charge in [-0.25, -0.2) is 0 Å². The Balaban J connectivity index is 1.54. The summed E-state index contributed by atoms with van der Waals surface area (Å²) in [5.41, 5.74) is 1.49. The van der Waals surface area contributed by atoms with Crippen LogP contribution < -0.4 is 5.32 Å². The van der Waals surface area contributed by atoms with E-state index >= 15 is 0 Å². The first kappa shape index (κ1) is 13.1. The molecule has 0 aromatic heterocycles. The molecule has 3 atom stereocenters. The van der Waals surface area contributed by atoms with Crippen molar-refractivity contribution in [2.24, 2.45) is 5.92 Å². The second kappa shape index (κ2) is 6.06. The highest BCUT2D eigenvalue weighted by Crippen LogP contribution is 2.28. The maximum Gasteiger partial charge on any atom is 0.0260 e. The van der Waals surface area contributed by atoms with Gasteiger partial charge in [0.2, 0.25) is 0 Å². The van der Waals surface area contributed by atoms with E-state index in [2.05, 4.69) is 47.5 Å². The topological polar surface area (TPSA) is 15.3 Å². The molecule has 2 aliphatic rings. The Hall–Kier alpha value is -0.860. The van der Waals surface area contributed by atoms with Gasteiger partial charge in [-0.15, -0.1) is 0 Å². The van der Waals surface area contributed by atoms with Crippen LogP contribution in [0.2, 0.25) is 0 Å². The number of likely N-dealkylation sites (tertiary alicyclic amines) is 1. The molecule has 0 spiro atoms. The SMILES string of the molecule is CC(CCN1CCCC2CNCC21)c1ccccc1. The quantitative estimate of drug-likeness (QED) is 0.893. The van der Waals surface area contributed by atoms with E-state index in [1.54, 1.807) is 0 Å². The largest absolute Gasteiger partial charge is 0.315 e. The van der Waals surface area contributed by atoms with Crippen molar-refractivity contribution in [3.8, 4) is 0 Å². The van der Waals surface area contributed by atoms with Crippen molar-refractivity contribution in [2.45, 2.75) is 38.1 Å². The second-order valence-electron chi connectivity index (χ2n) is 6.26. The molecule has 0 bridgehead atoms. The lowest BCUT2D eigenvalue weighted by Gasteiger charge is -2.37. The number of benzene rings is 1. The monoisotopic (exact) mass is 258 g/mol. The lowest BCUT2D eigenvalue weighted by Crippen LogP contribution is -2.45. The molecule has 3 unspecified atom stereocenters. The maximum absolute atomic E-state index is 3.57. The fourth-order valence-electron chi connectivity index (χ4n) is 3.75. The molecule has 19 heavy (non-hydrogen) atoms. The molecule has 2 heterocycles. The van der Waals surface area contributed by atoms with Gasteiger partial charge in [0.25, 0.3) is 0 Å². The first-order valence-electron chi connectivity index (χ1n) is 7.84. The van der Waals surface area contributed by atoms with Crippen LogP contribution in [0.25, 0.3) is 0 Å². The predicted octanol–water partition coefficient (Wildman–Crippen LogP) is 2.86. The van der Waals surface area contributed by atoms with Gasteiger partial charge < -0.3 is 5.32 Å². The van der Waals surface area contributed by atoms with Gasteiger partial charge in [-0.05, 0) is 56.3 Å². The summed E-state index contributed by atoms with van der Waals surface area (Å²) in [6.07, 6.45) is 4.11. The summed E-state index contributed by atoms with van der Waals surface area (Å²) < 4.78 is 0. The summed E-state index contributed by atoms with van der Waals surface area (Å²) in [6, 6.07) is 11.8. The van der Waals surface area contributed by atoms with Crippen LogP contribution >= 0.6 is 0 Å². The minimum Gasteiger partial charge on any atom is -0.315 e. The number of fused-ring (bicyclic) bond motifs is 1. The van der Waals surface area contributed by atoms with Crippen LogP contribution in [-0.4, -0.2) is 37.1 Å². The minimum absolute atomic E-state index is 0.677. The third-order valence-electron chi connectivity index (χ3n) is 5.01. The van der Waals surface area contributed by atoms with E-state index in [0.29, 0.717) is 5.92 Å². The molecule has 2 heteroatoms. The first-order valence-corrected chi connectivity index (χ1v) is 7.84. The average molecular weight is 258 g/mol. The van der Waals surface area contributed by atoms with Gasteiger partial charge in [0.05, 0.1) is 0 Å². The molecule has 0 aliphatic carbocycles. The third-order valence-corrected chi connectivity index (χ3v) is 5.01. The molecule has 3 rings (SSSR count). The van der Waals surface area contributed by atoms with Gasteiger partial charge in [-0.1, -0.05) is 37.3 Å². The molecular weight excluding hydrogens is 232 g/mol. The zero-order chi connectivity index (χ0) is 13.1. The molecule has 2 nitrogen and oxygen atoms in total. The minimum atomic E-state index is 0.677. The zero-order valence-electron chi connectivity index (χ0n) is 12.0. The van der Waals surface area contributed by atoms with Gasteiger partial charge in [-0.2, -0.15) is 0 Å². The number of hydrogen-bond donors (Lipinski definition) is 1. The van der Waals surface area contributed by atoms with E-state index in [-0.39, 0.29) is 0 Å². The molecule has 2 fully saturated rings. The van der Waals surface area contributed by atoms with E-state index in [1.165, 1.54) is 51.0 Å². The second-order valence-corrected chi connectivity index (χ2v) is 6.26. The zero-order valence-corrected chi connectivity index (χ0v) is 12.0. The van der Waals surface area contributed by atoms with Crippen LogP contribution in [0.5, 0.6) is 0 Å². The van der Waals surface area contributed by atoms with Gasteiger partial charge in [0.15, 0.2) is 0 Å². The highest BCUT2D eigenvalue weighted by molar-refractivity contribution is 5.18. The van der Waals surface area contributed by atoms with Crippen molar-refractivity contribution in [1.29, 1.82) is 0 Å². The van der Waals surface area contributed by atoms with Crippen molar-refractivity contribution in [3.63, 3.8) is 0 Å². The Kier molecular flexibility index (Phi) is 4.19. The number of nitrogens with zero attached hydrogens (tertiary/aromatic N) is 1. The Morgan fingerprint density at radius 3 is 2.95 bits per heavy atom. The highest BCUT2D eigenvalue weighted by Gasteiger charge is 2.34. The van der Waals surface area contributed by atoms with Crippen LogP contribution in [0, 0.1) is 5.92 Å². The lowest BCUT2D eigenvalue weighted by molar-refractivity contribution is 0.121. The smallest absolute Gasteiger partial charge is 0.0260 e. The first-order chi connectivity index (χ1) is 9.34. The molecule has 1 aromatic carbocycles. The standard InChI is InChI=1S/C17H26N2/c1-14(15-6-3-2-4-7-15)9-11-19-10-5-8-16-12-18-13-17(16)19/h2-4,6-7,14,16-18H,5,8-13H2,1H3.